The van der Waals surface area contributed by atoms with Gasteiger partial charge in [0.25, 0.3) is 11.8 Å². The summed E-state index contributed by atoms with van der Waals surface area (Å²) >= 11 is 0. The van der Waals surface area contributed by atoms with Crippen LogP contribution in [0.15, 0.2) is 112 Å². The smallest absolute Gasteiger partial charge is 0.303 e. The van der Waals surface area contributed by atoms with E-state index in [-0.39, 0.29) is 50.1 Å². The molecule has 300 valence electrons. The van der Waals surface area contributed by atoms with E-state index in [1.807, 2.05) is 84.1 Å². The second kappa shape index (κ2) is 15.8. The van der Waals surface area contributed by atoms with Crippen molar-refractivity contribution in [2.75, 3.05) is 30.6 Å². The molecule has 9 rings (SSSR count). The molecule has 5 aliphatic rings. The molecule has 13 nitrogen and oxygen atoms in total. The molecule has 0 radical (unpaired) electrons. The number of nitrogens with zero attached hydrogens (tertiary/aromatic N) is 4. The maximum atomic E-state index is 13.9. The van der Waals surface area contributed by atoms with Crippen molar-refractivity contribution in [1.82, 2.24) is 0 Å². The number of para-hydroxylation sites is 2. The molecule has 1 N–H and O–H groups in total. The lowest BCUT2D eigenvalue weighted by Crippen LogP contribution is -2.39. The number of carbonyl (C=O) groups excluding carboxylic acids is 2. The topological polar surface area (TPSA) is 149 Å². The summed E-state index contributed by atoms with van der Waals surface area (Å²) in [6.45, 7) is 0.440. The van der Waals surface area contributed by atoms with Crippen LogP contribution in [0.1, 0.15) is 51.9 Å². The number of ether oxygens (including phenoxy) is 5. The first-order valence-electron chi connectivity index (χ1n) is 19.6. The van der Waals surface area contributed by atoms with Crippen LogP contribution in [0.25, 0.3) is 0 Å². The zero-order chi connectivity index (χ0) is 40.6. The number of aliphatic imine (C=N–C) groups is 2. The summed E-state index contributed by atoms with van der Waals surface area (Å²) < 4.78 is 30.3. The Balaban J connectivity index is 0.948. The molecule has 1 unspecified atom stereocenters. The van der Waals surface area contributed by atoms with E-state index in [2.05, 4.69) is 0 Å². The summed E-state index contributed by atoms with van der Waals surface area (Å²) in [6, 6.07) is 24.1. The van der Waals surface area contributed by atoms with Crippen molar-refractivity contribution in [2.24, 2.45) is 9.98 Å². The quantitative estimate of drug-likeness (QED) is 0.142. The highest BCUT2D eigenvalue weighted by Gasteiger charge is 2.41. The van der Waals surface area contributed by atoms with Crippen molar-refractivity contribution in [3.05, 3.63) is 130 Å². The molecule has 4 aliphatic heterocycles. The van der Waals surface area contributed by atoms with E-state index in [0.717, 1.165) is 33.6 Å². The summed E-state index contributed by atoms with van der Waals surface area (Å²) in [5.41, 5.74) is 6.97. The Bertz CT molecular complexity index is 2490. The lowest BCUT2D eigenvalue weighted by molar-refractivity contribution is -0.137. The number of hydrogen-bond donors (Lipinski definition) is 1. The van der Waals surface area contributed by atoms with Crippen LogP contribution in [0, 0.1) is 0 Å². The highest BCUT2D eigenvalue weighted by molar-refractivity contribution is 6.15. The fraction of sp³-hybridized carbons (Fsp3) is 0.283. The molecule has 59 heavy (non-hydrogen) atoms. The van der Waals surface area contributed by atoms with Gasteiger partial charge in [0.1, 0.15) is 24.7 Å². The summed E-state index contributed by atoms with van der Waals surface area (Å²) in [5.74, 6) is 1.18. The Kier molecular flexibility index (Phi) is 10.1. The SMILES string of the molecule is COC1=C(OCc2cc(COc3cc4c(cc3OC)C(=O)N3c5ccccc5C[C@H]3C=N4)cc(OCCCC(=O)O)c2)CC2N=C[C@@H]3Cc4ccccc4N3C(=O)C2=C1. The van der Waals surface area contributed by atoms with Crippen molar-refractivity contribution in [1.29, 1.82) is 0 Å². The molecule has 0 saturated heterocycles. The third-order valence-corrected chi connectivity index (χ3v) is 11.2. The highest BCUT2D eigenvalue weighted by atomic mass is 16.5. The van der Waals surface area contributed by atoms with Crippen molar-refractivity contribution < 1.29 is 43.2 Å². The van der Waals surface area contributed by atoms with E-state index in [1.54, 1.807) is 30.2 Å². The van der Waals surface area contributed by atoms with E-state index >= 15 is 0 Å². The van der Waals surface area contributed by atoms with Crippen molar-refractivity contribution >= 4 is 47.3 Å². The van der Waals surface area contributed by atoms with Crippen LogP contribution in [0.5, 0.6) is 17.2 Å². The largest absolute Gasteiger partial charge is 0.494 e. The predicted octanol–water partition coefficient (Wildman–Crippen LogP) is 6.92. The summed E-state index contributed by atoms with van der Waals surface area (Å²) in [5, 5.41) is 9.15. The van der Waals surface area contributed by atoms with Gasteiger partial charge in [-0.2, -0.15) is 0 Å². The number of amides is 2. The molecule has 13 heteroatoms. The highest BCUT2D eigenvalue weighted by Crippen LogP contribution is 2.42. The van der Waals surface area contributed by atoms with Crippen molar-refractivity contribution in [2.45, 2.75) is 63.4 Å². The standard InChI is InChI=1S/C46H42N4O9/c1-55-40-19-34-36(47-23-31-17-29-8-3-5-10-38(29)49(31)45(34)53)21-42(40)58-25-27-14-28(16-33(15-27)57-13-7-12-44(51)52)26-59-43-22-37-35(20-41(43)56-2)46(54)50-32(24-48-37)18-30-9-4-6-11-39(30)50/h3-6,8-11,14-16,19-21,23-24,31-32,37H,7,12-13,17-18,22,25-26H2,1-2H3,(H,51,52)/t31-,32-,37?/m0/s1. The average molecular weight is 795 g/mol. The van der Waals surface area contributed by atoms with Crippen molar-refractivity contribution in [3.8, 4) is 17.2 Å². The number of carboxylic acid groups (broad SMARTS) is 1. The first-order chi connectivity index (χ1) is 28.8. The van der Waals surface area contributed by atoms with Crippen LogP contribution in [0.4, 0.5) is 17.1 Å². The summed E-state index contributed by atoms with van der Waals surface area (Å²) in [7, 11) is 3.08. The van der Waals surface area contributed by atoms with Gasteiger partial charge < -0.3 is 28.8 Å². The summed E-state index contributed by atoms with van der Waals surface area (Å²) in [4.78, 5) is 52.2. The van der Waals surface area contributed by atoms with Gasteiger partial charge in [0.2, 0.25) is 0 Å². The zero-order valence-electron chi connectivity index (χ0n) is 32.6. The molecule has 4 aromatic carbocycles. The Morgan fingerprint density at radius 3 is 2.14 bits per heavy atom. The van der Waals surface area contributed by atoms with Crippen molar-refractivity contribution in [3.63, 3.8) is 0 Å². The van der Waals surface area contributed by atoms with Crippen LogP contribution < -0.4 is 24.0 Å². The Morgan fingerprint density at radius 2 is 1.44 bits per heavy atom. The van der Waals surface area contributed by atoms with Crippen LogP contribution in [0.3, 0.4) is 0 Å². The second-order valence-corrected chi connectivity index (χ2v) is 15.0. The Hall–Kier alpha value is -6.89. The third-order valence-electron chi connectivity index (χ3n) is 11.2. The average Bonchev–Trinajstić information content (AvgIpc) is 3.74. The number of carboxylic acids is 1. The summed E-state index contributed by atoms with van der Waals surface area (Å²) in [6.07, 6.45) is 7.48. The number of aliphatic carboxylic acids is 1. The van der Waals surface area contributed by atoms with E-state index in [4.69, 9.17) is 38.8 Å². The number of anilines is 2. The number of carbonyl (C=O) groups is 3. The maximum Gasteiger partial charge on any atom is 0.303 e. The molecule has 1 aliphatic carbocycles. The Labute approximate surface area is 340 Å². The molecule has 4 aromatic rings. The number of benzene rings is 4. The number of rotatable bonds is 13. The molecule has 2 amide bonds. The van der Waals surface area contributed by atoms with Gasteiger partial charge >= 0.3 is 5.97 Å². The molecule has 0 spiro atoms. The fourth-order valence-corrected chi connectivity index (χ4v) is 8.39. The minimum atomic E-state index is -0.896. The number of fused-ring (bicyclic) bond motifs is 8. The van der Waals surface area contributed by atoms with Gasteiger partial charge in [0.05, 0.1) is 50.2 Å². The number of hydrogen-bond acceptors (Lipinski definition) is 10. The van der Waals surface area contributed by atoms with Gasteiger partial charge in [-0.3, -0.25) is 34.2 Å². The molecular weight excluding hydrogens is 753 g/mol. The number of methoxy groups -OCH3 is 2. The number of allylic oxidation sites excluding steroid dienone is 1. The zero-order valence-corrected chi connectivity index (χ0v) is 32.6. The van der Waals surface area contributed by atoms with E-state index in [0.29, 0.717) is 71.3 Å². The molecular formula is C46H42N4O9. The van der Waals surface area contributed by atoms with E-state index in [1.165, 1.54) is 7.11 Å². The van der Waals surface area contributed by atoms with Gasteiger partial charge in [0, 0.05) is 61.1 Å². The normalized spacial score (nSPS) is 19.7. The van der Waals surface area contributed by atoms with E-state index < -0.39 is 12.0 Å². The van der Waals surface area contributed by atoms with Gasteiger partial charge in [-0.25, -0.2) is 0 Å². The molecule has 0 aromatic heterocycles. The molecule has 0 bridgehead atoms. The van der Waals surface area contributed by atoms with Gasteiger partial charge in [-0.05, 0) is 71.1 Å². The molecule has 0 saturated carbocycles. The molecule has 3 atom stereocenters. The molecule has 0 fully saturated rings. The minimum absolute atomic E-state index is 0.0203. The van der Waals surface area contributed by atoms with Crippen LogP contribution >= 0.6 is 0 Å². The fourth-order valence-electron chi connectivity index (χ4n) is 8.39. The lowest BCUT2D eigenvalue weighted by atomic mass is 9.96. The first kappa shape index (κ1) is 37.7. The Morgan fingerprint density at radius 1 is 0.763 bits per heavy atom. The minimum Gasteiger partial charge on any atom is -0.494 e. The van der Waals surface area contributed by atoms with Gasteiger partial charge in [-0.15, -0.1) is 0 Å². The van der Waals surface area contributed by atoms with Crippen LogP contribution in [0.2, 0.25) is 0 Å². The lowest BCUT2D eigenvalue weighted by Gasteiger charge is -2.26. The second-order valence-electron chi connectivity index (χ2n) is 15.0. The maximum absolute atomic E-state index is 13.9. The first-order valence-corrected chi connectivity index (χ1v) is 19.6. The van der Waals surface area contributed by atoms with Gasteiger partial charge in [-0.1, -0.05) is 36.4 Å². The van der Waals surface area contributed by atoms with Crippen LogP contribution in [-0.2, 0) is 45.1 Å². The van der Waals surface area contributed by atoms with Gasteiger partial charge in [0.15, 0.2) is 17.3 Å². The van der Waals surface area contributed by atoms with Crippen LogP contribution in [-0.4, -0.2) is 74.3 Å². The predicted molar refractivity (Wildman–Crippen MR) is 220 cm³/mol. The van der Waals surface area contributed by atoms with E-state index in [9.17, 15) is 14.4 Å². The third kappa shape index (κ3) is 7.28. The molecule has 4 heterocycles. The monoisotopic (exact) mass is 794 g/mol.